The number of furan rings is 1. The lowest BCUT2D eigenvalue weighted by atomic mass is 9.35. The van der Waals surface area contributed by atoms with Gasteiger partial charge in [0, 0.05) is 35.0 Å². The highest BCUT2D eigenvalue weighted by Gasteiger charge is 2.52. The van der Waals surface area contributed by atoms with E-state index < -0.39 is 0 Å². The quantitative estimate of drug-likeness (QED) is 0.179. The third kappa shape index (κ3) is 5.52. The van der Waals surface area contributed by atoms with Gasteiger partial charge in [-0.25, -0.2) is 0 Å². The molecule has 6 heteroatoms. The van der Waals surface area contributed by atoms with Crippen molar-refractivity contribution in [3.63, 3.8) is 0 Å². The number of hydrogen-bond donors (Lipinski definition) is 2. The Morgan fingerprint density at radius 1 is 0.621 bits per heavy atom. The van der Waals surface area contributed by atoms with E-state index in [1.807, 2.05) is 7.05 Å². The van der Waals surface area contributed by atoms with Crippen LogP contribution in [0.2, 0.25) is 0 Å². The van der Waals surface area contributed by atoms with Crippen LogP contribution in [0, 0.1) is 5.41 Å². The Morgan fingerprint density at radius 3 is 1.74 bits per heavy atom. The van der Waals surface area contributed by atoms with Crippen molar-refractivity contribution in [3.8, 4) is 0 Å². The first-order chi connectivity index (χ1) is 26.9. The van der Waals surface area contributed by atoms with Crippen LogP contribution in [0.25, 0.3) is 11.0 Å². The summed E-state index contributed by atoms with van der Waals surface area (Å²) in [4.78, 5) is 4.60. The maximum absolute atomic E-state index is 10.5. The Kier molecular flexibility index (Phi) is 7.99. The van der Waals surface area contributed by atoms with Crippen molar-refractivity contribution in [3.05, 3.63) is 117 Å². The molecule has 2 N–H and O–H groups in total. The van der Waals surface area contributed by atoms with Crippen LogP contribution in [0.5, 0.6) is 0 Å². The van der Waals surface area contributed by atoms with Crippen molar-refractivity contribution < 1.29 is 4.42 Å². The van der Waals surface area contributed by atoms with Crippen molar-refractivity contribution in [2.45, 2.75) is 142 Å². The van der Waals surface area contributed by atoms with Crippen LogP contribution in [-0.2, 0) is 32.5 Å². The number of fused-ring (bicyclic) bond motifs is 9. The number of hydrogen-bond acceptors (Lipinski definition) is 4. The van der Waals surface area contributed by atoms with Crippen molar-refractivity contribution >= 4 is 57.4 Å². The van der Waals surface area contributed by atoms with E-state index in [1.165, 1.54) is 38.8 Å². The summed E-state index contributed by atoms with van der Waals surface area (Å²) in [6.45, 7) is 32.4. The first kappa shape index (κ1) is 38.8. The molecule has 0 radical (unpaired) electrons. The third-order valence-corrected chi connectivity index (χ3v) is 14.2. The first-order valence-electron chi connectivity index (χ1n) is 21.5. The van der Waals surface area contributed by atoms with Gasteiger partial charge < -0.3 is 9.73 Å². The summed E-state index contributed by atoms with van der Waals surface area (Å²) in [5, 5.41) is 15.3. The zero-order chi connectivity index (χ0) is 41.9. The SMILES string of the molecule is CNC1=C2B(c3cc4c(cc3N(c3ccc5c(c3)C(C)(C)CC5(C)C)C2=N)C(C)(C)CC4(C)C)c2oc3ccc(C(C)(C)C)cc3c2N1c1ccc(C(C)(C)C)cc1. The minimum Gasteiger partial charge on any atom is -0.468 e. The van der Waals surface area contributed by atoms with Gasteiger partial charge in [-0.3, -0.25) is 15.2 Å². The highest BCUT2D eigenvalue weighted by Crippen LogP contribution is 2.54. The van der Waals surface area contributed by atoms with Crippen molar-refractivity contribution in [2.24, 2.45) is 0 Å². The van der Waals surface area contributed by atoms with E-state index in [2.05, 4.69) is 185 Å². The van der Waals surface area contributed by atoms with E-state index in [1.54, 1.807) is 0 Å². The minimum absolute atomic E-state index is 0.00361. The van der Waals surface area contributed by atoms with Gasteiger partial charge in [0.05, 0.1) is 11.3 Å². The Balaban J connectivity index is 1.38. The van der Waals surface area contributed by atoms with E-state index in [9.17, 15) is 5.41 Å². The molecule has 2 aliphatic heterocycles. The normalized spacial score (nSPS) is 19.9. The number of nitrogens with one attached hydrogen (secondary N) is 2. The highest BCUT2D eigenvalue weighted by molar-refractivity contribution is 6.97. The molecule has 0 saturated heterocycles. The lowest BCUT2D eigenvalue weighted by molar-refractivity contribution is 0.403. The van der Waals surface area contributed by atoms with Gasteiger partial charge in [0.2, 0.25) is 0 Å². The lowest BCUT2D eigenvalue weighted by Crippen LogP contribution is -2.60. The van der Waals surface area contributed by atoms with E-state index >= 15 is 0 Å². The van der Waals surface area contributed by atoms with Crippen LogP contribution in [0.4, 0.5) is 22.7 Å². The molecule has 2 aliphatic carbocycles. The Morgan fingerprint density at radius 2 is 1.16 bits per heavy atom. The van der Waals surface area contributed by atoms with Crippen molar-refractivity contribution in [1.82, 2.24) is 5.32 Å². The predicted molar refractivity (Wildman–Crippen MR) is 247 cm³/mol. The van der Waals surface area contributed by atoms with E-state index in [-0.39, 0.29) is 39.2 Å². The summed E-state index contributed by atoms with van der Waals surface area (Å²) in [5.74, 6) is 1.39. The molecule has 0 atom stereocenters. The molecule has 3 heterocycles. The predicted octanol–water partition coefficient (Wildman–Crippen LogP) is 11.8. The summed E-state index contributed by atoms with van der Waals surface area (Å²) in [7, 11) is 2.02. The largest absolute Gasteiger partial charge is 0.468 e. The van der Waals surface area contributed by atoms with E-state index in [0.29, 0.717) is 5.84 Å². The monoisotopic (exact) mass is 771 g/mol. The zero-order valence-electron chi connectivity index (χ0n) is 37.7. The standard InChI is InChI=1S/C52H63BN4O/c1-47(2,3)30-16-19-32(20-17-30)57-43-34-24-31(48(4,5)6)18-23-41(34)58-44(43)53-39-26-37-38(52(13,14)29-51(37,11)12)27-40(39)56(45(54)42(53)46(57)55-15)33-21-22-35-36(25-33)50(9,10)28-49(35,7)8/h16-27,54-55H,28-29H2,1-15H3. The molecule has 0 bridgehead atoms. The number of rotatable bonds is 3. The fourth-order valence-electron chi connectivity index (χ4n) is 11.7. The topological polar surface area (TPSA) is 55.5 Å². The van der Waals surface area contributed by atoms with Gasteiger partial charge >= 0.3 is 6.71 Å². The van der Waals surface area contributed by atoms with Gasteiger partial charge in [-0.05, 0) is 127 Å². The Labute approximate surface area is 347 Å². The lowest BCUT2D eigenvalue weighted by Gasteiger charge is -2.43. The molecular formula is C52H63BN4O. The maximum Gasteiger partial charge on any atom is 0.301 e. The number of nitrogens with zero attached hydrogens (tertiary/aromatic N) is 2. The summed E-state index contributed by atoms with van der Waals surface area (Å²) in [5.41, 5.74) is 16.3. The van der Waals surface area contributed by atoms with Crippen molar-refractivity contribution in [1.29, 1.82) is 5.41 Å². The molecule has 0 fully saturated rings. The molecule has 9 rings (SSSR count). The van der Waals surface area contributed by atoms with Crippen LogP contribution in [0.15, 0.2) is 88.5 Å². The first-order valence-corrected chi connectivity index (χ1v) is 21.5. The molecule has 0 amide bonds. The summed E-state index contributed by atoms with van der Waals surface area (Å²) in [6.07, 6.45) is 2.16. The molecule has 5 nitrogen and oxygen atoms in total. The second kappa shape index (κ2) is 12.0. The van der Waals surface area contributed by atoms with Gasteiger partial charge in [-0.1, -0.05) is 127 Å². The fourth-order valence-corrected chi connectivity index (χ4v) is 11.7. The van der Waals surface area contributed by atoms with Gasteiger partial charge in [0.25, 0.3) is 0 Å². The number of anilines is 4. The highest BCUT2D eigenvalue weighted by atomic mass is 16.3. The van der Waals surface area contributed by atoms with E-state index in [0.717, 1.165) is 63.5 Å². The van der Waals surface area contributed by atoms with E-state index in [4.69, 9.17) is 4.42 Å². The van der Waals surface area contributed by atoms with Crippen LogP contribution in [-0.4, -0.2) is 19.6 Å². The molecule has 4 aliphatic rings. The van der Waals surface area contributed by atoms with Gasteiger partial charge in [0.1, 0.15) is 17.2 Å². The summed E-state index contributed by atoms with van der Waals surface area (Å²) >= 11 is 0. The molecule has 0 saturated carbocycles. The van der Waals surface area contributed by atoms with Crippen LogP contribution < -0.4 is 26.2 Å². The maximum atomic E-state index is 10.5. The third-order valence-electron chi connectivity index (χ3n) is 14.2. The summed E-state index contributed by atoms with van der Waals surface area (Å²) in [6, 6.07) is 27.7. The molecule has 4 aromatic carbocycles. The average Bonchev–Trinajstić information content (AvgIpc) is 3.65. The Bertz CT molecular complexity index is 2600. The van der Waals surface area contributed by atoms with Crippen molar-refractivity contribution in [2.75, 3.05) is 16.8 Å². The molecule has 5 aromatic rings. The van der Waals surface area contributed by atoms with Gasteiger partial charge in [-0.15, -0.1) is 0 Å². The van der Waals surface area contributed by atoms with Crippen LogP contribution >= 0.6 is 0 Å². The molecular weight excluding hydrogens is 707 g/mol. The molecule has 300 valence electrons. The van der Waals surface area contributed by atoms with Gasteiger partial charge in [0.15, 0.2) is 0 Å². The summed E-state index contributed by atoms with van der Waals surface area (Å²) < 4.78 is 7.20. The molecule has 58 heavy (non-hydrogen) atoms. The Hall–Kier alpha value is -4.71. The second-order valence-corrected chi connectivity index (χ2v) is 22.6. The molecule has 0 spiro atoms. The van der Waals surface area contributed by atoms with Gasteiger partial charge in [-0.2, -0.15) is 0 Å². The average molecular weight is 771 g/mol. The fraction of sp³-hybridized carbons (Fsp3) is 0.442. The zero-order valence-corrected chi connectivity index (χ0v) is 37.7. The minimum atomic E-state index is -0.290. The smallest absolute Gasteiger partial charge is 0.301 e. The van der Waals surface area contributed by atoms with Crippen LogP contribution in [0.1, 0.15) is 143 Å². The van der Waals surface area contributed by atoms with Crippen LogP contribution in [0.3, 0.4) is 0 Å². The molecule has 0 unspecified atom stereocenters. The number of benzene rings is 4. The molecule has 1 aromatic heterocycles. The second-order valence-electron chi connectivity index (χ2n) is 22.6. The number of amidine groups is 1.